The van der Waals surface area contributed by atoms with Gasteiger partial charge in [0.25, 0.3) is 0 Å². The van der Waals surface area contributed by atoms with Crippen LogP contribution < -0.4 is 5.32 Å². The van der Waals surface area contributed by atoms with Crippen LogP contribution in [0.25, 0.3) is 0 Å². The van der Waals surface area contributed by atoms with E-state index in [9.17, 15) is 9.90 Å². The lowest BCUT2D eigenvalue weighted by Crippen LogP contribution is -2.40. The molecule has 2 amide bonds. The van der Waals surface area contributed by atoms with Gasteiger partial charge in [-0.2, -0.15) is 0 Å². The zero-order valence-electron chi connectivity index (χ0n) is 13.6. The highest BCUT2D eigenvalue weighted by Gasteiger charge is 2.29. The molecule has 1 unspecified atom stereocenters. The topological polar surface area (TPSA) is 65.5 Å². The van der Waals surface area contributed by atoms with Gasteiger partial charge in [0, 0.05) is 32.1 Å². The second-order valence-electron chi connectivity index (χ2n) is 6.79. The Hall–Kier alpha value is -1.62. The number of hydrogen-bond acceptors (Lipinski definition) is 3. The van der Waals surface area contributed by atoms with Crippen molar-refractivity contribution in [2.75, 3.05) is 19.7 Å². The summed E-state index contributed by atoms with van der Waals surface area (Å²) >= 11 is 0. The van der Waals surface area contributed by atoms with Gasteiger partial charge in [0.1, 0.15) is 0 Å². The van der Waals surface area contributed by atoms with Crippen LogP contribution in [0.4, 0.5) is 4.79 Å². The summed E-state index contributed by atoms with van der Waals surface area (Å²) in [5.41, 5.74) is 1.09. The Morgan fingerprint density at radius 3 is 2.86 bits per heavy atom. The number of pyridine rings is 1. The molecule has 1 aromatic heterocycles. The fraction of sp³-hybridized carbons (Fsp3) is 0.647. The predicted octanol–water partition coefficient (Wildman–Crippen LogP) is 2.73. The Labute approximate surface area is 132 Å². The first-order valence-electron chi connectivity index (χ1n) is 8.09. The Bertz CT molecular complexity index is 476. The summed E-state index contributed by atoms with van der Waals surface area (Å²) in [5, 5.41) is 12.2. The summed E-state index contributed by atoms with van der Waals surface area (Å²) in [6, 6.07) is 4.15. The van der Waals surface area contributed by atoms with Crippen LogP contribution in [0.5, 0.6) is 0 Å². The zero-order chi connectivity index (χ0) is 16.0. The number of nitrogens with zero attached hydrogens (tertiary/aromatic N) is 2. The van der Waals surface area contributed by atoms with Gasteiger partial charge >= 0.3 is 6.03 Å². The number of aromatic nitrogens is 1. The maximum atomic E-state index is 12.4. The molecular formula is C17H27N3O2. The Balaban J connectivity index is 1.82. The van der Waals surface area contributed by atoms with E-state index in [2.05, 4.69) is 10.3 Å². The largest absolute Gasteiger partial charge is 0.396 e. The van der Waals surface area contributed by atoms with E-state index in [1.807, 2.05) is 30.9 Å². The van der Waals surface area contributed by atoms with Crippen molar-refractivity contribution < 1.29 is 9.90 Å². The van der Waals surface area contributed by atoms with Crippen molar-refractivity contribution >= 4 is 6.03 Å². The molecule has 1 aliphatic rings. The van der Waals surface area contributed by atoms with Gasteiger partial charge in [-0.1, -0.05) is 13.8 Å². The summed E-state index contributed by atoms with van der Waals surface area (Å²) in [6.07, 6.45) is 7.39. The second-order valence-corrected chi connectivity index (χ2v) is 6.79. The number of likely N-dealkylation sites (tertiary alicyclic amines) is 1. The number of aliphatic hydroxyl groups excluding tert-OH is 1. The highest BCUT2D eigenvalue weighted by atomic mass is 16.3. The quantitative estimate of drug-likeness (QED) is 0.794. The average Bonchev–Trinajstić information content (AvgIpc) is 3.02. The molecular weight excluding hydrogens is 278 g/mol. The molecule has 2 heterocycles. The molecule has 0 spiro atoms. The van der Waals surface area contributed by atoms with E-state index in [-0.39, 0.29) is 24.1 Å². The van der Waals surface area contributed by atoms with Gasteiger partial charge in [0.2, 0.25) is 0 Å². The second kappa shape index (κ2) is 7.58. The first-order valence-corrected chi connectivity index (χ1v) is 8.09. The molecule has 5 heteroatoms. The molecule has 2 N–H and O–H groups in total. The number of amides is 2. The van der Waals surface area contributed by atoms with Crippen LogP contribution in [0.15, 0.2) is 24.5 Å². The van der Waals surface area contributed by atoms with Crippen LogP contribution in [-0.2, 0) is 0 Å². The van der Waals surface area contributed by atoms with Crippen molar-refractivity contribution in [1.29, 1.82) is 0 Å². The summed E-state index contributed by atoms with van der Waals surface area (Å²) in [5.74, 6) is 0. The number of carbonyl (C=O) groups is 1. The fourth-order valence-electron chi connectivity index (χ4n) is 2.88. The first kappa shape index (κ1) is 16.7. The Kier molecular flexibility index (Phi) is 5.77. The minimum Gasteiger partial charge on any atom is -0.396 e. The number of aliphatic hydroxyl groups is 1. The number of nitrogens with one attached hydrogen (secondary N) is 1. The lowest BCUT2D eigenvalue weighted by Gasteiger charge is -2.26. The highest BCUT2D eigenvalue weighted by molar-refractivity contribution is 5.75. The normalized spacial score (nSPS) is 18.5. The van der Waals surface area contributed by atoms with Crippen molar-refractivity contribution in [3.63, 3.8) is 0 Å². The van der Waals surface area contributed by atoms with Gasteiger partial charge in [0.05, 0.1) is 6.04 Å². The monoisotopic (exact) mass is 305 g/mol. The average molecular weight is 305 g/mol. The van der Waals surface area contributed by atoms with Crippen molar-refractivity contribution in [2.45, 2.75) is 45.6 Å². The van der Waals surface area contributed by atoms with Crippen LogP contribution in [0.1, 0.15) is 51.1 Å². The molecule has 1 aliphatic heterocycles. The Morgan fingerprint density at radius 1 is 1.45 bits per heavy atom. The van der Waals surface area contributed by atoms with E-state index in [4.69, 9.17) is 0 Å². The highest BCUT2D eigenvalue weighted by Crippen LogP contribution is 2.31. The van der Waals surface area contributed by atoms with Crippen LogP contribution in [0.2, 0.25) is 0 Å². The molecule has 1 saturated heterocycles. The zero-order valence-corrected chi connectivity index (χ0v) is 13.6. The van der Waals surface area contributed by atoms with Crippen molar-refractivity contribution in [3.8, 4) is 0 Å². The van der Waals surface area contributed by atoms with Crippen molar-refractivity contribution in [3.05, 3.63) is 30.1 Å². The van der Waals surface area contributed by atoms with E-state index < -0.39 is 0 Å². The van der Waals surface area contributed by atoms with Gasteiger partial charge in [-0.15, -0.1) is 0 Å². The molecule has 122 valence electrons. The van der Waals surface area contributed by atoms with E-state index in [0.717, 1.165) is 37.8 Å². The van der Waals surface area contributed by atoms with Gasteiger partial charge in [-0.25, -0.2) is 4.79 Å². The lowest BCUT2D eigenvalue weighted by atomic mass is 9.89. The smallest absolute Gasteiger partial charge is 0.317 e. The summed E-state index contributed by atoms with van der Waals surface area (Å²) in [4.78, 5) is 18.3. The third-order valence-electron chi connectivity index (χ3n) is 4.34. The maximum absolute atomic E-state index is 12.4. The van der Waals surface area contributed by atoms with E-state index in [1.165, 1.54) is 0 Å². The summed E-state index contributed by atoms with van der Waals surface area (Å²) in [6.45, 7) is 5.71. The SMILES string of the molecule is CC(C)(CO)CCCNC(=O)N1CCCC1c1ccncc1. The molecule has 0 bridgehead atoms. The summed E-state index contributed by atoms with van der Waals surface area (Å²) < 4.78 is 0. The fourth-order valence-corrected chi connectivity index (χ4v) is 2.88. The number of hydrogen-bond donors (Lipinski definition) is 2. The van der Waals surface area contributed by atoms with Crippen molar-refractivity contribution in [1.82, 2.24) is 15.2 Å². The number of urea groups is 1. The van der Waals surface area contributed by atoms with E-state index >= 15 is 0 Å². The molecule has 0 saturated carbocycles. The van der Waals surface area contributed by atoms with Gasteiger partial charge in [-0.05, 0) is 48.8 Å². The van der Waals surface area contributed by atoms with Crippen LogP contribution in [-0.4, -0.2) is 40.7 Å². The van der Waals surface area contributed by atoms with E-state index in [1.54, 1.807) is 12.4 Å². The van der Waals surface area contributed by atoms with Crippen LogP contribution >= 0.6 is 0 Å². The molecule has 1 aromatic rings. The van der Waals surface area contributed by atoms with Gasteiger partial charge < -0.3 is 15.3 Å². The molecule has 0 aromatic carbocycles. The summed E-state index contributed by atoms with van der Waals surface area (Å²) in [7, 11) is 0. The first-order chi connectivity index (χ1) is 10.5. The molecule has 1 atom stereocenters. The molecule has 1 fully saturated rings. The molecule has 0 aliphatic carbocycles. The number of rotatable bonds is 6. The molecule has 2 rings (SSSR count). The van der Waals surface area contributed by atoms with Gasteiger partial charge in [-0.3, -0.25) is 4.98 Å². The molecule has 22 heavy (non-hydrogen) atoms. The van der Waals surface area contributed by atoms with Gasteiger partial charge in [0.15, 0.2) is 0 Å². The minimum atomic E-state index is -0.0715. The third kappa shape index (κ3) is 4.44. The van der Waals surface area contributed by atoms with Crippen LogP contribution in [0.3, 0.4) is 0 Å². The molecule has 0 radical (unpaired) electrons. The lowest BCUT2D eigenvalue weighted by molar-refractivity contribution is 0.147. The molecule has 5 nitrogen and oxygen atoms in total. The van der Waals surface area contributed by atoms with E-state index in [0.29, 0.717) is 6.54 Å². The number of carbonyl (C=O) groups excluding carboxylic acids is 1. The minimum absolute atomic E-state index is 0.0149. The third-order valence-corrected chi connectivity index (χ3v) is 4.34. The predicted molar refractivity (Wildman–Crippen MR) is 86.4 cm³/mol. The maximum Gasteiger partial charge on any atom is 0.317 e. The van der Waals surface area contributed by atoms with Crippen molar-refractivity contribution in [2.24, 2.45) is 5.41 Å². The Morgan fingerprint density at radius 2 is 2.18 bits per heavy atom. The van der Waals surface area contributed by atoms with Crippen LogP contribution in [0, 0.1) is 5.41 Å². The standard InChI is InChI=1S/C17H27N3O2/c1-17(2,13-21)8-4-9-19-16(22)20-12-3-5-15(20)14-6-10-18-11-7-14/h6-7,10-11,15,21H,3-5,8-9,12-13H2,1-2H3,(H,19,22).